The predicted octanol–water partition coefficient (Wildman–Crippen LogP) is 2.35. The van der Waals surface area contributed by atoms with Crippen LogP contribution in [0.15, 0.2) is 29.1 Å². The quantitative estimate of drug-likeness (QED) is 0.668. The lowest BCUT2D eigenvalue weighted by Gasteiger charge is -2.19. The van der Waals surface area contributed by atoms with Crippen LogP contribution in [0.3, 0.4) is 0 Å². The molecule has 3 rings (SSSR count). The van der Waals surface area contributed by atoms with Crippen LogP contribution in [0, 0.1) is 0 Å². The summed E-state index contributed by atoms with van der Waals surface area (Å²) in [6.45, 7) is 0. The van der Waals surface area contributed by atoms with Crippen molar-refractivity contribution in [1.29, 1.82) is 0 Å². The maximum absolute atomic E-state index is 12.7. The third kappa shape index (κ3) is 3.98. The third-order valence-corrected chi connectivity index (χ3v) is 5.30. The highest BCUT2D eigenvalue weighted by atomic mass is 16.5. The van der Waals surface area contributed by atoms with Crippen LogP contribution in [0.4, 0.5) is 4.79 Å². The molecular formula is C22H24N2O7. The van der Waals surface area contributed by atoms with Crippen LogP contribution < -0.4 is 30.3 Å². The van der Waals surface area contributed by atoms with E-state index in [-0.39, 0.29) is 5.56 Å². The zero-order valence-corrected chi connectivity index (χ0v) is 17.7. The van der Waals surface area contributed by atoms with E-state index >= 15 is 0 Å². The molecule has 0 saturated carbocycles. The summed E-state index contributed by atoms with van der Waals surface area (Å²) < 4.78 is 16.6. The van der Waals surface area contributed by atoms with Crippen molar-refractivity contribution in [3.63, 3.8) is 0 Å². The van der Waals surface area contributed by atoms with Crippen LogP contribution in [0.25, 0.3) is 11.1 Å². The molecule has 0 bridgehead atoms. The maximum atomic E-state index is 12.7. The fraction of sp³-hybridized carbons (Fsp3) is 0.318. The Morgan fingerprint density at radius 3 is 2.35 bits per heavy atom. The molecule has 1 aliphatic rings. The van der Waals surface area contributed by atoms with E-state index in [1.165, 1.54) is 40.5 Å². The van der Waals surface area contributed by atoms with Crippen molar-refractivity contribution in [3.8, 4) is 28.4 Å². The summed E-state index contributed by atoms with van der Waals surface area (Å²) in [5.41, 5.74) is 1.55. The Hall–Kier alpha value is -3.75. The summed E-state index contributed by atoms with van der Waals surface area (Å²) in [4.78, 5) is 36.3. The summed E-state index contributed by atoms with van der Waals surface area (Å²) in [5.74, 6) is -0.0761. The summed E-state index contributed by atoms with van der Waals surface area (Å²) in [5, 5.41) is 14.8. The average Bonchev–Trinajstić information content (AvgIpc) is 3.01. The first-order valence-electron chi connectivity index (χ1n) is 9.58. The zero-order valence-electron chi connectivity index (χ0n) is 17.7. The Bertz CT molecular complexity index is 1100. The van der Waals surface area contributed by atoms with Gasteiger partial charge in [-0.15, -0.1) is 0 Å². The molecule has 1 unspecified atom stereocenters. The molecule has 9 heteroatoms. The molecule has 2 aromatic carbocycles. The highest BCUT2D eigenvalue weighted by Gasteiger charge is 2.30. The minimum atomic E-state index is -1.33. The Balaban J connectivity index is 2.41. The van der Waals surface area contributed by atoms with Gasteiger partial charge in [-0.05, 0) is 47.7 Å². The molecule has 0 heterocycles. The van der Waals surface area contributed by atoms with Crippen LogP contribution in [0.2, 0.25) is 0 Å². The van der Waals surface area contributed by atoms with Crippen molar-refractivity contribution in [3.05, 3.63) is 51.2 Å². The van der Waals surface area contributed by atoms with E-state index in [9.17, 15) is 19.5 Å². The molecule has 0 fully saturated rings. The van der Waals surface area contributed by atoms with Gasteiger partial charge in [-0.25, -0.2) is 9.59 Å². The van der Waals surface area contributed by atoms with Crippen LogP contribution in [-0.2, 0) is 6.42 Å². The average molecular weight is 428 g/mol. The fourth-order valence-corrected chi connectivity index (χ4v) is 3.87. The first kappa shape index (κ1) is 21.9. The molecule has 0 spiro atoms. The normalized spacial score (nSPS) is 14.4. The van der Waals surface area contributed by atoms with Gasteiger partial charge in [0.15, 0.2) is 16.9 Å². The molecule has 0 aromatic heterocycles. The molecule has 1 atom stereocenters. The first-order chi connectivity index (χ1) is 14.9. The lowest BCUT2D eigenvalue weighted by molar-refractivity contribution is 0.0695. The lowest BCUT2D eigenvalue weighted by atomic mass is 9.95. The minimum absolute atomic E-state index is 0.368. The summed E-state index contributed by atoms with van der Waals surface area (Å²) in [6.07, 6.45) is 1.01. The third-order valence-electron chi connectivity index (χ3n) is 5.30. The number of benzene rings is 1. The molecule has 9 nitrogen and oxygen atoms in total. The van der Waals surface area contributed by atoms with Gasteiger partial charge in [0.1, 0.15) is 5.56 Å². The number of hydrogen-bond donors (Lipinski definition) is 3. The number of methoxy groups -OCH3 is 3. The van der Waals surface area contributed by atoms with Gasteiger partial charge in [0.25, 0.3) is 0 Å². The molecule has 0 saturated heterocycles. The Morgan fingerprint density at radius 2 is 1.77 bits per heavy atom. The topological polar surface area (TPSA) is 123 Å². The summed E-state index contributed by atoms with van der Waals surface area (Å²) in [6, 6.07) is 4.98. The van der Waals surface area contributed by atoms with E-state index in [4.69, 9.17) is 14.2 Å². The van der Waals surface area contributed by atoms with Crippen molar-refractivity contribution in [2.75, 3.05) is 28.4 Å². The Kier molecular flexibility index (Phi) is 6.33. The van der Waals surface area contributed by atoms with Gasteiger partial charge in [-0.1, -0.05) is 6.07 Å². The highest BCUT2D eigenvalue weighted by Crippen LogP contribution is 2.50. The molecule has 0 aliphatic heterocycles. The van der Waals surface area contributed by atoms with Crippen LogP contribution in [0.5, 0.6) is 17.2 Å². The molecular weight excluding hydrogens is 404 g/mol. The monoisotopic (exact) mass is 428 g/mol. The number of carbonyl (C=O) groups is 2. The second kappa shape index (κ2) is 8.95. The van der Waals surface area contributed by atoms with E-state index in [0.717, 1.165) is 5.56 Å². The number of urea groups is 1. The van der Waals surface area contributed by atoms with Crippen molar-refractivity contribution < 1.29 is 28.9 Å². The number of aryl methyl sites for hydroxylation is 1. The summed E-state index contributed by atoms with van der Waals surface area (Å²) in [7, 11) is 6.00. The number of nitrogens with one attached hydrogen (secondary N) is 2. The molecule has 0 radical (unpaired) electrons. The fourth-order valence-electron chi connectivity index (χ4n) is 3.87. The van der Waals surface area contributed by atoms with Gasteiger partial charge in [0.05, 0.1) is 27.4 Å². The number of aromatic carboxylic acids is 1. The lowest BCUT2D eigenvalue weighted by Crippen LogP contribution is -2.36. The number of carbonyl (C=O) groups excluding carboxylic acids is 1. The standard InChI is InChI=1S/C22H24N2O7/c1-23-22(28)24-15-8-5-11-9-17(29-2)19(30-3)20(31-4)18(11)12-6-7-13(21(26)27)16(25)10-14(12)15/h6-7,9-10,15H,5,8H2,1-4H3,(H,26,27)(H2,23,24,28). The minimum Gasteiger partial charge on any atom is -0.493 e. The van der Waals surface area contributed by atoms with E-state index in [0.29, 0.717) is 46.8 Å². The van der Waals surface area contributed by atoms with Gasteiger partial charge < -0.3 is 30.0 Å². The van der Waals surface area contributed by atoms with Gasteiger partial charge in [0.2, 0.25) is 5.75 Å². The molecule has 2 amide bonds. The van der Waals surface area contributed by atoms with Gasteiger partial charge in [0, 0.05) is 12.6 Å². The highest BCUT2D eigenvalue weighted by molar-refractivity contribution is 5.89. The Morgan fingerprint density at radius 1 is 1.06 bits per heavy atom. The molecule has 3 N–H and O–H groups in total. The molecule has 31 heavy (non-hydrogen) atoms. The van der Waals surface area contributed by atoms with Crippen molar-refractivity contribution >= 4 is 12.0 Å². The van der Waals surface area contributed by atoms with Crippen molar-refractivity contribution in [2.24, 2.45) is 0 Å². The summed E-state index contributed by atoms with van der Waals surface area (Å²) >= 11 is 0. The van der Waals surface area contributed by atoms with E-state index in [1.54, 1.807) is 6.07 Å². The molecule has 2 aromatic rings. The molecule has 164 valence electrons. The second-order valence-electron chi connectivity index (χ2n) is 6.92. The Labute approximate surface area is 178 Å². The van der Waals surface area contributed by atoms with Gasteiger partial charge in [-0.3, -0.25) is 4.79 Å². The number of ether oxygens (including phenoxy) is 3. The van der Waals surface area contributed by atoms with Crippen molar-refractivity contribution in [2.45, 2.75) is 18.9 Å². The SMILES string of the molecule is CNC(=O)NC1CCc2cc(OC)c(OC)c(OC)c2-c2ccc(C(=O)O)c(=O)cc21. The number of hydrogen-bond acceptors (Lipinski definition) is 6. The van der Waals surface area contributed by atoms with E-state index in [2.05, 4.69) is 10.6 Å². The maximum Gasteiger partial charge on any atom is 0.339 e. The van der Waals surface area contributed by atoms with Crippen LogP contribution in [0.1, 0.15) is 33.9 Å². The van der Waals surface area contributed by atoms with Gasteiger partial charge in [-0.2, -0.15) is 0 Å². The number of carboxylic acid groups (broad SMARTS) is 1. The molecule has 1 aliphatic carbocycles. The van der Waals surface area contributed by atoms with Gasteiger partial charge >= 0.3 is 12.0 Å². The van der Waals surface area contributed by atoms with Crippen molar-refractivity contribution in [1.82, 2.24) is 10.6 Å². The predicted molar refractivity (Wildman–Crippen MR) is 113 cm³/mol. The number of rotatable bonds is 5. The van der Waals surface area contributed by atoms with Crippen LogP contribution in [-0.4, -0.2) is 45.5 Å². The number of carboxylic acids is 1. The number of amides is 2. The zero-order chi connectivity index (χ0) is 22.7. The number of fused-ring (bicyclic) bond motifs is 3. The second-order valence-corrected chi connectivity index (χ2v) is 6.92. The largest absolute Gasteiger partial charge is 0.493 e. The van der Waals surface area contributed by atoms with E-state index in [1.807, 2.05) is 6.07 Å². The smallest absolute Gasteiger partial charge is 0.339 e. The van der Waals surface area contributed by atoms with Crippen LogP contribution >= 0.6 is 0 Å². The first-order valence-corrected chi connectivity index (χ1v) is 9.58. The van der Waals surface area contributed by atoms with E-state index < -0.39 is 23.5 Å².